The Hall–Kier alpha value is -4.97. The summed E-state index contributed by atoms with van der Waals surface area (Å²) in [5, 5.41) is 21.2. The highest BCUT2D eigenvalue weighted by molar-refractivity contribution is 5.96. The van der Waals surface area contributed by atoms with Crippen molar-refractivity contribution >= 4 is 29.0 Å². The van der Waals surface area contributed by atoms with Gasteiger partial charge in [-0.2, -0.15) is 23.5 Å². The number of carbonyl (C=O) groups is 2. The van der Waals surface area contributed by atoms with Crippen molar-refractivity contribution < 1.29 is 22.8 Å². The van der Waals surface area contributed by atoms with Crippen LogP contribution in [0.5, 0.6) is 0 Å². The molecule has 0 aliphatic heterocycles. The summed E-state index contributed by atoms with van der Waals surface area (Å²) in [7, 11) is 0. The number of imidazole rings is 1. The number of nitrogens with two attached hydrogens (primary N) is 1. The molecule has 42 heavy (non-hydrogen) atoms. The lowest BCUT2D eigenvalue weighted by Crippen LogP contribution is -2.31. The molecule has 3 heterocycles. The summed E-state index contributed by atoms with van der Waals surface area (Å²) in [6.45, 7) is 2.66. The number of nitrogens with one attached hydrogen (secondary N) is 3. The highest BCUT2D eigenvalue weighted by atomic mass is 19.4. The van der Waals surface area contributed by atoms with Gasteiger partial charge in [-0.25, -0.2) is 9.97 Å². The van der Waals surface area contributed by atoms with Gasteiger partial charge in [-0.15, -0.1) is 0 Å². The van der Waals surface area contributed by atoms with Gasteiger partial charge >= 0.3 is 6.18 Å². The van der Waals surface area contributed by atoms with E-state index in [0.717, 1.165) is 16.4 Å². The number of aromatic nitrogens is 5. The lowest BCUT2D eigenvalue weighted by atomic mass is 10.0. The third-order valence-electron chi connectivity index (χ3n) is 6.29. The summed E-state index contributed by atoms with van der Waals surface area (Å²) >= 11 is 0. The molecule has 5 N–H and O–H groups in total. The Morgan fingerprint density at radius 1 is 1.17 bits per heavy atom. The van der Waals surface area contributed by atoms with Crippen LogP contribution in [0.4, 0.5) is 24.7 Å². The number of carbonyl (C=O) groups excluding carboxylic acids is 2. The fourth-order valence-corrected chi connectivity index (χ4v) is 4.33. The fourth-order valence-electron chi connectivity index (χ4n) is 4.33. The van der Waals surface area contributed by atoms with Crippen molar-refractivity contribution in [1.29, 1.82) is 5.26 Å². The van der Waals surface area contributed by atoms with Crippen molar-refractivity contribution in [3.8, 4) is 17.3 Å². The van der Waals surface area contributed by atoms with Crippen LogP contribution in [-0.4, -0.2) is 55.6 Å². The minimum atomic E-state index is -4.74. The monoisotopic (exact) mass is 582 g/mol. The Morgan fingerprint density at radius 3 is 2.67 bits per heavy atom. The molecule has 1 aromatic carbocycles. The first-order valence-corrected chi connectivity index (χ1v) is 13.1. The number of rotatable bonds is 12. The van der Waals surface area contributed by atoms with Crippen molar-refractivity contribution in [2.24, 2.45) is 5.73 Å². The van der Waals surface area contributed by atoms with Crippen molar-refractivity contribution in [3.05, 3.63) is 59.8 Å². The molecular weight excluding hydrogens is 553 g/mol. The zero-order chi connectivity index (χ0) is 30.3. The van der Waals surface area contributed by atoms with Crippen molar-refractivity contribution in [2.45, 2.75) is 38.9 Å². The van der Waals surface area contributed by atoms with Gasteiger partial charge in [-0.05, 0) is 36.6 Å². The lowest BCUT2D eigenvalue weighted by Gasteiger charge is -2.13. The van der Waals surface area contributed by atoms with Gasteiger partial charge in [-0.1, -0.05) is 6.92 Å². The first-order chi connectivity index (χ1) is 20.2. The second-order valence-corrected chi connectivity index (χ2v) is 9.21. The predicted octanol–water partition coefficient (Wildman–Crippen LogP) is 3.03. The average Bonchev–Trinajstić information content (AvgIpc) is 3.58. The van der Waals surface area contributed by atoms with Gasteiger partial charge in [-0.3, -0.25) is 18.7 Å². The highest BCUT2D eigenvalue weighted by Gasteiger charge is 2.38. The Morgan fingerprint density at radius 2 is 1.95 bits per heavy atom. The number of anilines is 2. The van der Waals surface area contributed by atoms with E-state index >= 15 is 0 Å². The molecule has 0 aliphatic rings. The third kappa shape index (κ3) is 6.84. The number of aryl methyl sites for hydroxylation is 1. The predicted molar refractivity (Wildman–Crippen MR) is 148 cm³/mol. The maximum absolute atomic E-state index is 13.7. The van der Waals surface area contributed by atoms with Crippen LogP contribution in [0.1, 0.15) is 41.4 Å². The van der Waals surface area contributed by atoms with E-state index < -0.39 is 11.9 Å². The number of nitriles is 1. The van der Waals surface area contributed by atoms with Crippen molar-refractivity contribution in [1.82, 2.24) is 34.8 Å². The van der Waals surface area contributed by atoms with Gasteiger partial charge in [0.25, 0.3) is 5.91 Å². The Bertz CT molecular complexity index is 1620. The van der Waals surface area contributed by atoms with E-state index in [2.05, 4.69) is 31.0 Å². The van der Waals surface area contributed by atoms with Gasteiger partial charge < -0.3 is 21.7 Å². The van der Waals surface area contributed by atoms with Crippen LogP contribution >= 0.6 is 0 Å². The molecule has 0 unspecified atom stereocenters. The average molecular weight is 583 g/mol. The van der Waals surface area contributed by atoms with Crippen LogP contribution in [0, 0.1) is 11.3 Å². The van der Waals surface area contributed by atoms with Gasteiger partial charge in [0, 0.05) is 55.9 Å². The van der Waals surface area contributed by atoms with E-state index in [1.807, 2.05) is 6.92 Å². The smallest absolute Gasteiger partial charge is 0.356 e. The highest BCUT2D eigenvalue weighted by Crippen LogP contribution is 2.37. The maximum atomic E-state index is 13.7. The second-order valence-electron chi connectivity index (χ2n) is 9.21. The Labute approximate surface area is 238 Å². The lowest BCUT2D eigenvalue weighted by molar-refractivity contribution is -0.141. The topological polar surface area (TPSA) is 168 Å². The number of benzene rings is 1. The standard InChI is InChI=1S/C27H29F3N10O2/c1-2-17-14-18(4-5-19(17)26(42)35-10-3-9-33-22(41)6-7-31)37-24-25-36-15-21(40(25)13-11-34-24)20-16-39(12-8-32)38-23(20)27(28,29)30/h4-5,11,13-16H,2-3,6-7,9-10,12,31H2,1H3,(H,33,41)(H,34,37)(H,35,42). The normalized spacial score (nSPS) is 11.3. The molecule has 0 fully saturated rings. The SMILES string of the molecule is CCc1cc(Nc2nccn3c(-c4cn(CC#N)nc4C(F)(F)F)cnc23)ccc1C(=O)NCCCNC(=O)CCN. The van der Waals surface area contributed by atoms with Crippen LogP contribution in [0.3, 0.4) is 0 Å². The summed E-state index contributed by atoms with van der Waals surface area (Å²) in [6.07, 6.45) is 2.01. The largest absolute Gasteiger partial charge is 0.435 e. The second kappa shape index (κ2) is 13.1. The third-order valence-corrected chi connectivity index (χ3v) is 6.29. The summed E-state index contributed by atoms with van der Waals surface area (Å²) in [6, 6.07) is 6.96. The molecule has 4 aromatic rings. The first-order valence-electron chi connectivity index (χ1n) is 13.1. The number of hydrogen-bond acceptors (Lipinski definition) is 8. The van der Waals surface area contributed by atoms with E-state index in [-0.39, 0.29) is 54.0 Å². The van der Waals surface area contributed by atoms with E-state index in [1.54, 1.807) is 24.3 Å². The number of halogens is 3. The minimum absolute atomic E-state index is 0.130. The molecule has 0 bridgehead atoms. The summed E-state index contributed by atoms with van der Waals surface area (Å²) in [5.74, 6) is -0.0883. The van der Waals surface area contributed by atoms with Crippen molar-refractivity contribution in [2.75, 3.05) is 25.0 Å². The number of amides is 2. The first kappa shape index (κ1) is 30.0. The molecule has 0 aliphatic carbocycles. The number of alkyl halides is 3. The summed E-state index contributed by atoms with van der Waals surface area (Å²) in [5.41, 5.74) is 6.28. The van der Waals surface area contributed by atoms with Crippen LogP contribution in [0.25, 0.3) is 16.9 Å². The van der Waals surface area contributed by atoms with E-state index in [4.69, 9.17) is 11.0 Å². The van der Waals surface area contributed by atoms with E-state index in [1.165, 1.54) is 23.0 Å². The number of hydrogen-bond donors (Lipinski definition) is 4. The summed E-state index contributed by atoms with van der Waals surface area (Å²) in [4.78, 5) is 32.9. The molecule has 4 rings (SSSR count). The molecule has 0 saturated heterocycles. The molecule has 15 heteroatoms. The minimum Gasteiger partial charge on any atom is -0.356 e. The summed E-state index contributed by atoms with van der Waals surface area (Å²) < 4.78 is 43.5. The Balaban J connectivity index is 1.51. The maximum Gasteiger partial charge on any atom is 0.435 e. The zero-order valence-electron chi connectivity index (χ0n) is 22.7. The molecule has 0 spiro atoms. The van der Waals surface area contributed by atoms with Crippen LogP contribution in [0.15, 0.2) is 43.0 Å². The molecule has 0 radical (unpaired) electrons. The van der Waals surface area contributed by atoms with Crippen molar-refractivity contribution in [3.63, 3.8) is 0 Å². The fraction of sp³-hybridized carbons (Fsp3) is 0.333. The molecule has 3 aromatic heterocycles. The molecule has 0 saturated carbocycles. The number of fused-ring (bicyclic) bond motifs is 1. The van der Waals surface area contributed by atoms with Crippen LogP contribution in [0.2, 0.25) is 0 Å². The quantitative estimate of drug-likeness (QED) is 0.185. The van der Waals surface area contributed by atoms with E-state index in [9.17, 15) is 22.8 Å². The molecule has 12 nitrogen and oxygen atoms in total. The van der Waals surface area contributed by atoms with Gasteiger partial charge in [0.05, 0.1) is 23.5 Å². The zero-order valence-corrected chi connectivity index (χ0v) is 22.7. The van der Waals surface area contributed by atoms with E-state index in [0.29, 0.717) is 37.2 Å². The van der Waals surface area contributed by atoms with Crippen LogP contribution in [-0.2, 0) is 23.9 Å². The van der Waals surface area contributed by atoms with Crippen LogP contribution < -0.4 is 21.7 Å². The van der Waals surface area contributed by atoms with Gasteiger partial charge in [0.2, 0.25) is 5.91 Å². The van der Waals surface area contributed by atoms with Gasteiger partial charge in [0.15, 0.2) is 17.2 Å². The Kier molecular flexibility index (Phi) is 9.38. The molecule has 2 amide bonds. The number of nitrogens with zero attached hydrogens (tertiary/aromatic N) is 6. The molecule has 0 atom stereocenters. The molecule has 220 valence electrons. The van der Waals surface area contributed by atoms with Gasteiger partial charge in [0.1, 0.15) is 6.54 Å². The molecular formula is C27H29F3N10O2.